The van der Waals surface area contributed by atoms with Crippen LogP contribution in [0.25, 0.3) is 33.8 Å². The minimum atomic E-state index is 0.130. The van der Waals surface area contributed by atoms with Gasteiger partial charge in [0.15, 0.2) is 0 Å². The van der Waals surface area contributed by atoms with E-state index in [9.17, 15) is 5.11 Å². The van der Waals surface area contributed by atoms with Crippen molar-refractivity contribution in [3.8, 4) is 28.5 Å². The van der Waals surface area contributed by atoms with E-state index >= 15 is 0 Å². The molecule has 0 saturated heterocycles. The maximum Gasteiger partial charge on any atom is 0.143 e. The smallest absolute Gasteiger partial charge is 0.143 e. The monoisotopic (exact) mass is 276 g/mol. The fraction of sp³-hybridized carbons (Fsp3) is 0. The molecule has 21 heavy (non-hydrogen) atoms. The Bertz CT molecular complexity index is 896. The number of para-hydroxylation sites is 1. The lowest BCUT2D eigenvalue weighted by atomic mass is 10.1. The Labute approximate surface area is 120 Å². The molecule has 0 bridgehead atoms. The van der Waals surface area contributed by atoms with Crippen LogP contribution in [0.4, 0.5) is 0 Å². The molecule has 3 N–H and O–H groups in total. The number of aromatic nitrogens is 4. The molecule has 0 aliphatic rings. The van der Waals surface area contributed by atoms with Crippen molar-refractivity contribution in [2.24, 2.45) is 0 Å². The third-order valence-corrected chi connectivity index (χ3v) is 3.38. The maximum atomic E-state index is 9.99. The summed E-state index contributed by atoms with van der Waals surface area (Å²) in [4.78, 5) is 15.6. The first kappa shape index (κ1) is 11.7. The molecule has 0 radical (unpaired) electrons. The van der Waals surface area contributed by atoms with Gasteiger partial charge in [-0.25, -0.2) is 9.97 Å². The number of aromatic amines is 2. The molecule has 4 rings (SSSR count). The van der Waals surface area contributed by atoms with Crippen LogP contribution in [0.15, 0.2) is 54.9 Å². The van der Waals surface area contributed by atoms with Crippen LogP contribution in [-0.4, -0.2) is 25.0 Å². The molecule has 3 aromatic heterocycles. The van der Waals surface area contributed by atoms with Crippen molar-refractivity contribution in [3.05, 3.63) is 54.9 Å². The topological polar surface area (TPSA) is 77.6 Å². The molecule has 1 aromatic carbocycles. The van der Waals surface area contributed by atoms with E-state index in [1.165, 1.54) is 0 Å². The van der Waals surface area contributed by atoms with Gasteiger partial charge in [0.2, 0.25) is 0 Å². The van der Waals surface area contributed by atoms with Crippen molar-refractivity contribution in [2.45, 2.75) is 0 Å². The highest BCUT2D eigenvalue weighted by molar-refractivity contribution is 5.87. The highest BCUT2D eigenvalue weighted by atomic mass is 16.3. The first-order valence-electron chi connectivity index (χ1n) is 6.60. The lowest BCUT2D eigenvalue weighted by Crippen LogP contribution is -1.96. The van der Waals surface area contributed by atoms with E-state index in [1.807, 2.05) is 42.7 Å². The molecule has 0 saturated carbocycles. The fourth-order valence-corrected chi connectivity index (χ4v) is 2.39. The van der Waals surface area contributed by atoms with E-state index in [1.54, 1.807) is 12.1 Å². The number of phenols is 1. The molecule has 0 fully saturated rings. The van der Waals surface area contributed by atoms with Crippen molar-refractivity contribution in [1.29, 1.82) is 0 Å². The second-order valence-corrected chi connectivity index (χ2v) is 4.73. The van der Waals surface area contributed by atoms with Gasteiger partial charge in [0.1, 0.15) is 22.7 Å². The normalized spacial score (nSPS) is 11.0. The van der Waals surface area contributed by atoms with Gasteiger partial charge in [0.05, 0.1) is 16.9 Å². The van der Waals surface area contributed by atoms with Gasteiger partial charge in [-0.1, -0.05) is 6.07 Å². The number of rotatable bonds is 2. The van der Waals surface area contributed by atoms with Crippen LogP contribution < -0.4 is 0 Å². The largest absolute Gasteiger partial charge is 0.506 e. The van der Waals surface area contributed by atoms with E-state index in [-0.39, 0.29) is 5.75 Å². The molecular weight excluding hydrogens is 264 g/mol. The molecule has 0 spiro atoms. The molecule has 4 aromatic rings. The molecule has 0 unspecified atom stereocenters. The second kappa shape index (κ2) is 4.49. The van der Waals surface area contributed by atoms with E-state index in [0.29, 0.717) is 16.7 Å². The van der Waals surface area contributed by atoms with E-state index in [2.05, 4.69) is 19.9 Å². The minimum Gasteiger partial charge on any atom is -0.506 e. The van der Waals surface area contributed by atoms with Crippen LogP contribution in [0.2, 0.25) is 0 Å². The highest BCUT2D eigenvalue weighted by Gasteiger charge is 2.15. The van der Waals surface area contributed by atoms with Crippen LogP contribution in [0, 0.1) is 0 Å². The first-order chi connectivity index (χ1) is 10.3. The molecule has 5 nitrogen and oxygen atoms in total. The Morgan fingerprint density at radius 2 is 1.43 bits per heavy atom. The zero-order valence-corrected chi connectivity index (χ0v) is 11.0. The number of nitrogens with zero attached hydrogens (tertiary/aromatic N) is 2. The number of H-pyrrole nitrogens is 2. The summed E-state index contributed by atoms with van der Waals surface area (Å²) in [7, 11) is 0. The van der Waals surface area contributed by atoms with Crippen molar-refractivity contribution in [3.63, 3.8) is 0 Å². The number of hydrogen-bond donors (Lipinski definition) is 3. The first-order valence-corrected chi connectivity index (χ1v) is 6.60. The number of phenolic OH excluding ortho intramolecular Hbond substituents is 1. The molecular formula is C16H12N4O. The Morgan fingerprint density at radius 3 is 2.05 bits per heavy atom. The summed E-state index contributed by atoms with van der Waals surface area (Å²) in [5.74, 6) is 0.130. The highest BCUT2D eigenvalue weighted by Crippen LogP contribution is 2.31. The van der Waals surface area contributed by atoms with Gasteiger partial charge in [0, 0.05) is 12.4 Å². The van der Waals surface area contributed by atoms with Gasteiger partial charge < -0.3 is 15.1 Å². The van der Waals surface area contributed by atoms with E-state index in [0.717, 1.165) is 17.1 Å². The number of nitrogens with one attached hydrogen (secondary N) is 2. The van der Waals surface area contributed by atoms with Crippen molar-refractivity contribution >= 4 is 11.0 Å². The van der Waals surface area contributed by atoms with Crippen molar-refractivity contribution in [1.82, 2.24) is 19.9 Å². The van der Waals surface area contributed by atoms with Crippen LogP contribution in [0.3, 0.4) is 0 Å². The van der Waals surface area contributed by atoms with Crippen LogP contribution in [-0.2, 0) is 0 Å². The van der Waals surface area contributed by atoms with Gasteiger partial charge in [-0.05, 0) is 36.4 Å². The maximum absolute atomic E-state index is 9.99. The number of benzene rings is 1. The molecule has 102 valence electrons. The predicted molar refractivity (Wildman–Crippen MR) is 80.8 cm³/mol. The number of hydrogen-bond acceptors (Lipinski definition) is 3. The van der Waals surface area contributed by atoms with Crippen molar-refractivity contribution < 1.29 is 5.11 Å². The predicted octanol–water partition coefficient (Wildman–Crippen LogP) is 3.33. The summed E-state index contributed by atoms with van der Waals surface area (Å²) in [6.07, 6.45) is 3.69. The number of fused-ring (bicyclic) bond motifs is 1. The molecule has 5 heteroatoms. The van der Waals surface area contributed by atoms with Crippen LogP contribution in [0.1, 0.15) is 0 Å². The van der Waals surface area contributed by atoms with E-state index < -0.39 is 0 Å². The summed E-state index contributed by atoms with van der Waals surface area (Å²) in [6, 6.07) is 12.9. The minimum absolute atomic E-state index is 0.130. The summed E-state index contributed by atoms with van der Waals surface area (Å²) in [5, 5.41) is 9.99. The third-order valence-electron chi connectivity index (χ3n) is 3.38. The standard InChI is InChI=1S/C16H12N4O/c21-13-7-1-4-12-14(13)20-16(11-6-3-9-18-11)15(19-12)10-5-2-8-17-10/h1-9,17-18,21H. The Kier molecular flexibility index (Phi) is 2.50. The third kappa shape index (κ3) is 1.87. The summed E-state index contributed by atoms with van der Waals surface area (Å²) in [6.45, 7) is 0. The molecule has 0 atom stereocenters. The van der Waals surface area contributed by atoms with Crippen molar-refractivity contribution in [2.75, 3.05) is 0 Å². The zero-order chi connectivity index (χ0) is 14.2. The zero-order valence-electron chi connectivity index (χ0n) is 11.0. The van der Waals surface area contributed by atoms with Crippen LogP contribution >= 0.6 is 0 Å². The quantitative estimate of drug-likeness (QED) is 0.525. The lowest BCUT2D eigenvalue weighted by Gasteiger charge is -2.08. The SMILES string of the molecule is Oc1cccc2nc(-c3ccc[nH]3)c(-c3ccc[nH]3)nc12. The Hall–Kier alpha value is -3.08. The average molecular weight is 276 g/mol. The molecule has 3 heterocycles. The molecule has 0 amide bonds. The number of aromatic hydroxyl groups is 1. The summed E-state index contributed by atoms with van der Waals surface area (Å²) >= 11 is 0. The molecule has 0 aliphatic heterocycles. The summed E-state index contributed by atoms with van der Waals surface area (Å²) < 4.78 is 0. The van der Waals surface area contributed by atoms with Gasteiger partial charge in [-0.2, -0.15) is 0 Å². The van der Waals surface area contributed by atoms with E-state index in [4.69, 9.17) is 0 Å². The lowest BCUT2D eigenvalue weighted by molar-refractivity contribution is 0.480. The second-order valence-electron chi connectivity index (χ2n) is 4.73. The average Bonchev–Trinajstić information content (AvgIpc) is 3.20. The van der Waals surface area contributed by atoms with Gasteiger partial charge in [-0.15, -0.1) is 0 Å². The van der Waals surface area contributed by atoms with Gasteiger partial charge in [-0.3, -0.25) is 0 Å². The van der Waals surface area contributed by atoms with Gasteiger partial charge in [0.25, 0.3) is 0 Å². The summed E-state index contributed by atoms with van der Waals surface area (Å²) in [5.41, 5.74) is 4.36. The fourth-order valence-electron chi connectivity index (χ4n) is 2.39. The van der Waals surface area contributed by atoms with Crippen LogP contribution in [0.5, 0.6) is 5.75 Å². The Balaban J connectivity index is 2.08. The van der Waals surface area contributed by atoms with Gasteiger partial charge >= 0.3 is 0 Å². The molecule has 0 aliphatic carbocycles. The Morgan fingerprint density at radius 1 is 0.762 bits per heavy atom.